The maximum atomic E-state index is 13.0. The van der Waals surface area contributed by atoms with Gasteiger partial charge in [-0.2, -0.15) is 10.1 Å². The number of fused-ring (bicyclic) bond motifs is 1. The number of rotatable bonds is 10. The van der Waals surface area contributed by atoms with Crippen molar-refractivity contribution in [1.82, 2.24) is 14.8 Å². The number of carbonyl (C=O) groups excluding carboxylic acids is 1. The molecule has 2 aromatic rings. The van der Waals surface area contributed by atoms with Gasteiger partial charge in [-0.15, -0.1) is 0 Å². The summed E-state index contributed by atoms with van der Waals surface area (Å²) in [4.78, 5) is 17.3. The number of para-hydroxylation sites is 1. The van der Waals surface area contributed by atoms with E-state index < -0.39 is 6.04 Å². The molecule has 1 aromatic carbocycles. The van der Waals surface area contributed by atoms with Crippen LogP contribution in [0.15, 0.2) is 41.9 Å². The Morgan fingerprint density at radius 2 is 1.93 bits per heavy atom. The Bertz CT molecular complexity index is 859. The predicted molar refractivity (Wildman–Crippen MR) is 112 cm³/mol. The van der Waals surface area contributed by atoms with Crippen LogP contribution in [0.3, 0.4) is 0 Å². The number of carbonyl (C=O) groups is 1. The molecule has 0 spiro atoms. The van der Waals surface area contributed by atoms with E-state index in [9.17, 15) is 4.79 Å². The van der Waals surface area contributed by atoms with E-state index in [1.807, 2.05) is 31.2 Å². The molecule has 1 atom stereocenters. The van der Waals surface area contributed by atoms with Crippen LogP contribution in [0.4, 0.5) is 5.95 Å². The van der Waals surface area contributed by atoms with Gasteiger partial charge in [-0.1, -0.05) is 57.2 Å². The molecule has 0 saturated carbocycles. The molecule has 0 bridgehead atoms. The number of hydrogen-bond acceptors (Lipinski definition) is 6. The summed E-state index contributed by atoms with van der Waals surface area (Å²) in [7, 11) is 1.62. The number of ether oxygens (including phenoxy) is 2. The number of nitrogens with one attached hydrogen (secondary N) is 1. The van der Waals surface area contributed by atoms with E-state index in [2.05, 4.69) is 22.3 Å². The van der Waals surface area contributed by atoms with Crippen molar-refractivity contribution >= 4 is 11.9 Å². The third-order valence-electron chi connectivity index (χ3n) is 5.18. The second-order valence-electron chi connectivity index (χ2n) is 7.24. The minimum atomic E-state index is -0.457. The SMILES string of the molecule is CCCCCCCCOC(=O)C1=C(C)Nc2ncnn2[C@@H]1c1ccccc1OC. The minimum absolute atomic E-state index is 0.333. The Morgan fingerprint density at radius 3 is 2.72 bits per heavy atom. The Morgan fingerprint density at radius 1 is 1.17 bits per heavy atom. The highest BCUT2D eigenvalue weighted by Gasteiger charge is 2.35. The van der Waals surface area contributed by atoms with Gasteiger partial charge in [0.2, 0.25) is 5.95 Å². The quantitative estimate of drug-likeness (QED) is 0.470. The molecule has 7 nitrogen and oxygen atoms in total. The molecule has 156 valence electrons. The van der Waals surface area contributed by atoms with Gasteiger partial charge < -0.3 is 14.8 Å². The monoisotopic (exact) mass is 398 g/mol. The summed E-state index contributed by atoms with van der Waals surface area (Å²) in [6, 6.07) is 7.18. The van der Waals surface area contributed by atoms with Crippen LogP contribution in [0.2, 0.25) is 0 Å². The zero-order valence-electron chi connectivity index (χ0n) is 17.5. The number of methoxy groups -OCH3 is 1. The van der Waals surface area contributed by atoms with Crippen molar-refractivity contribution in [3.63, 3.8) is 0 Å². The maximum Gasteiger partial charge on any atom is 0.338 e. The van der Waals surface area contributed by atoms with Crippen LogP contribution in [-0.4, -0.2) is 34.5 Å². The third kappa shape index (κ3) is 4.78. The van der Waals surface area contributed by atoms with Gasteiger partial charge in [0.15, 0.2) is 0 Å². The molecule has 0 unspecified atom stereocenters. The van der Waals surface area contributed by atoms with Crippen LogP contribution in [0, 0.1) is 0 Å². The number of nitrogens with zero attached hydrogens (tertiary/aromatic N) is 3. The van der Waals surface area contributed by atoms with Crippen molar-refractivity contribution < 1.29 is 14.3 Å². The molecular weight excluding hydrogens is 368 g/mol. The van der Waals surface area contributed by atoms with E-state index in [0.29, 0.717) is 29.6 Å². The normalized spacial score (nSPS) is 15.6. The van der Waals surface area contributed by atoms with Gasteiger partial charge in [-0.05, 0) is 19.4 Å². The fraction of sp³-hybridized carbons (Fsp3) is 0.500. The number of unbranched alkanes of at least 4 members (excludes halogenated alkanes) is 5. The molecule has 0 aliphatic carbocycles. The molecular formula is C22H30N4O3. The second-order valence-corrected chi connectivity index (χ2v) is 7.24. The summed E-state index contributed by atoms with van der Waals surface area (Å²) in [5.41, 5.74) is 2.09. The number of benzene rings is 1. The lowest BCUT2D eigenvalue weighted by molar-refractivity contribution is -0.139. The molecule has 0 saturated heterocycles. The number of aromatic nitrogens is 3. The zero-order chi connectivity index (χ0) is 20.6. The Labute approximate surface area is 172 Å². The van der Waals surface area contributed by atoms with Crippen molar-refractivity contribution in [3.05, 3.63) is 47.4 Å². The first-order valence-corrected chi connectivity index (χ1v) is 10.3. The Balaban J connectivity index is 1.77. The van der Waals surface area contributed by atoms with Gasteiger partial charge in [-0.25, -0.2) is 9.48 Å². The molecule has 0 fully saturated rings. The van der Waals surface area contributed by atoms with Gasteiger partial charge in [0.05, 0.1) is 19.3 Å². The van der Waals surface area contributed by atoms with Crippen LogP contribution in [-0.2, 0) is 9.53 Å². The highest BCUT2D eigenvalue weighted by Crippen LogP contribution is 2.38. The second kappa shape index (κ2) is 10.1. The van der Waals surface area contributed by atoms with E-state index in [1.54, 1.807) is 11.8 Å². The van der Waals surface area contributed by atoms with E-state index >= 15 is 0 Å². The van der Waals surface area contributed by atoms with E-state index in [-0.39, 0.29) is 5.97 Å². The van der Waals surface area contributed by atoms with Crippen molar-refractivity contribution in [2.75, 3.05) is 19.0 Å². The van der Waals surface area contributed by atoms with E-state index in [1.165, 1.54) is 32.0 Å². The first kappa shape index (κ1) is 20.9. The third-order valence-corrected chi connectivity index (χ3v) is 5.18. The maximum absolute atomic E-state index is 13.0. The topological polar surface area (TPSA) is 78.3 Å². The zero-order valence-corrected chi connectivity index (χ0v) is 17.5. The lowest BCUT2D eigenvalue weighted by Gasteiger charge is -2.29. The van der Waals surface area contributed by atoms with E-state index in [4.69, 9.17) is 9.47 Å². The first-order valence-electron chi connectivity index (χ1n) is 10.3. The summed E-state index contributed by atoms with van der Waals surface area (Å²) in [6.07, 6.45) is 8.34. The summed E-state index contributed by atoms with van der Waals surface area (Å²) in [6.45, 7) is 4.49. The number of hydrogen-bond donors (Lipinski definition) is 1. The molecule has 1 aromatic heterocycles. The van der Waals surface area contributed by atoms with Crippen molar-refractivity contribution in [2.45, 2.75) is 58.4 Å². The van der Waals surface area contributed by atoms with Crippen LogP contribution in [0.1, 0.15) is 64.0 Å². The molecule has 1 aliphatic heterocycles. The average Bonchev–Trinajstić information content (AvgIpc) is 3.19. The number of anilines is 1. The summed E-state index contributed by atoms with van der Waals surface area (Å²) >= 11 is 0. The van der Waals surface area contributed by atoms with Crippen molar-refractivity contribution in [2.24, 2.45) is 0 Å². The Kier molecular flexibility index (Phi) is 7.27. The number of esters is 1. The lowest BCUT2D eigenvalue weighted by Crippen LogP contribution is -2.30. The lowest BCUT2D eigenvalue weighted by atomic mass is 9.95. The average molecular weight is 399 g/mol. The highest BCUT2D eigenvalue weighted by molar-refractivity contribution is 5.92. The van der Waals surface area contributed by atoms with Gasteiger partial charge >= 0.3 is 5.97 Å². The fourth-order valence-corrected chi connectivity index (χ4v) is 3.66. The van der Waals surface area contributed by atoms with Gasteiger partial charge in [-0.3, -0.25) is 0 Å². The molecule has 7 heteroatoms. The van der Waals surface area contributed by atoms with Crippen LogP contribution in [0.5, 0.6) is 5.75 Å². The summed E-state index contributed by atoms with van der Waals surface area (Å²) in [5.74, 6) is 0.946. The van der Waals surface area contributed by atoms with E-state index in [0.717, 1.165) is 18.4 Å². The fourth-order valence-electron chi connectivity index (χ4n) is 3.66. The Hall–Kier alpha value is -2.83. The highest BCUT2D eigenvalue weighted by atomic mass is 16.5. The van der Waals surface area contributed by atoms with Crippen molar-refractivity contribution in [1.29, 1.82) is 0 Å². The first-order chi connectivity index (χ1) is 14.2. The molecule has 1 N–H and O–H groups in total. The van der Waals surface area contributed by atoms with Crippen LogP contribution in [0.25, 0.3) is 0 Å². The molecule has 1 aliphatic rings. The molecule has 2 heterocycles. The number of allylic oxidation sites excluding steroid dienone is 1. The minimum Gasteiger partial charge on any atom is -0.496 e. The van der Waals surface area contributed by atoms with Crippen LogP contribution < -0.4 is 10.1 Å². The summed E-state index contributed by atoms with van der Waals surface area (Å²) < 4.78 is 12.9. The summed E-state index contributed by atoms with van der Waals surface area (Å²) in [5, 5.41) is 7.50. The molecule has 29 heavy (non-hydrogen) atoms. The smallest absolute Gasteiger partial charge is 0.338 e. The molecule has 3 rings (SSSR count). The van der Waals surface area contributed by atoms with Gasteiger partial charge in [0, 0.05) is 11.3 Å². The van der Waals surface area contributed by atoms with Gasteiger partial charge in [0.1, 0.15) is 18.1 Å². The molecule has 0 amide bonds. The van der Waals surface area contributed by atoms with Gasteiger partial charge in [0.25, 0.3) is 0 Å². The van der Waals surface area contributed by atoms with Crippen LogP contribution >= 0.6 is 0 Å². The largest absolute Gasteiger partial charge is 0.496 e. The van der Waals surface area contributed by atoms with Crippen molar-refractivity contribution in [3.8, 4) is 5.75 Å². The standard InChI is InChI=1S/C22H30N4O3/c1-4-5-6-7-8-11-14-29-21(27)19-16(2)25-22-23-15-24-26(22)20(19)17-12-9-10-13-18(17)28-3/h9-10,12-13,15,20H,4-8,11,14H2,1-3H3,(H,23,24,25)/t20-/m1/s1. The molecule has 0 radical (unpaired) electrons. The predicted octanol–water partition coefficient (Wildman–Crippen LogP) is 4.48.